The van der Waals surface area contributed by atoms with Crippen LogP contribution in [0, 0.1) is 5.92 Å². The minimum atomic E-state index is -1.38. The van der Waals surface area contributed by atoms with Crippen molar-refractivity contribution in [3.63, 3.8) is 0 Å². The van der Waals surface area contributed by atoms with Crippen LogP contribution in [0.1, 0.15) is 34.1 Å². The smallest absolute Gasteiger partial charge is 0.280 e. The first kappa shape index (κ1) is 11.9. The van der Waals surface area contributed by atoms with Crippen LogP contribution in [0.2, 0.25) is 0 Å². The van der Waals surface area contributed by atoms with Crippen molar-refractivity contribution in [2.45, 2.75) is 40.1 Å². The lowest BCUT2D eigenvalue weighted by molar-refractivity contribution is -0.362. The van der Waals surface area contributed by atoms with Crippen LogP contribution in [-0.2, 0) is 9.47 Å². The molecule has 0 aromatic rings. The molecule has 0 spiro atoms. The van der Waals surface area contributed by atoms with E-state index in [-0.39, 0.29) is 0 Å². The van der Waals surface area contributed by atoms with E-state index in [2.05, 4.69) is 0 Å². The van der Waals surface area contributed by atoms with Crippen molar-refractivity contribution < 1.29 is 14.6 Å². The summed E-state index contributed by atoms with van der Waals surface area (Å²) in [6, 6.07) is 0. The van der Waals surface area contributed by atoms with Gasteiger partial charge in [0.1, 0.15) is 0 Å². The molecule has 0 saturated heterocycles. The zero-order chi connectivity index (χ0) is 9.61. The minimum Gasteiger partial charge on any atom is -0.343 e. The first-order valence-electron chi connectivity index (χ1n) is 4.54. The highest BCUT2D eigenvalue weighted by molar-refractivity contribution is 4.51. The zero-order valence-corrected chi connectivity index (χ0v) is 8.46. The van der Waals surface area contributed by atoms with Crippen LogP contribution >= 0.6 is 0 Å². The molecule has 12 heavy (non-hydrogen) atoms. The van der Waals surface area contributed by atoms with Crippen LogP contribution in [0.3, 0.4) is 0 Å². The molecule has 0 radical (unpaired) electrons. The first-order chi connectivity index (χ1) is 5.54. The van der Waals surface area contributed by atoms with Gasteiger partial charge in [0, 0.05) is 13.0 Å². The van der Waals surface area contributed by atoms with Gasteiger partial charge in [0.25, 0.3) is 5.97 Å². The summed E-state index contributed by atoms with van der Waals surface area (Å²) >= 11 is 0. The molecule has 1 atom stereocenters. The molecule has 0 rings (SSSR count). The molecule has 0 aliphatic heterocycles. The topological polar surface area (TPSA) is 38.7 Å². The van der Waals surface area contributed by atoms with Gasteiger partial charge in [-0.2, -0.15) is 0 Å². The van der Waals surface area contributed by atoms with E-state index >= 15 is 0 Å². The van der Waals surface area contributed by atoms with E-state index in [1.54, 1.807) is 0 Å². The van der Waals surface area contributed by atoms with E-state index in [4.69, 9.17) is 9.47 Å². The fraction of sp³-hybridized carbons (Fsp3) is 1.00. The zero-order valence-electron chi connectivity index (χ0n) is 8.46. The maximum absolute atomic E-state index is 9.62. The Balaban J connectivity index is 3.78. The van der Waals surface area contributed by atoms with Crippen molar-refractivity contribution in [2.75, 3.05) is 13.2 Å². The van der Waals surface area contributed by atoms with Crippen molar-refractivity contribution in [2.24, 2.45) is 5.92 Å². The van der Waals surface area contributed by atoms with E-state index in [1.165, 1.54) is 0 Å². The summed E-state index contributed by atoms with van der Waals surface area (Å²) in [6.45, 7) is 8.70. The van der Waals surface area contributed by atoms with Gasteiger partial charge in [0.2, 0.25) is 0 Å². The van der Waals surface area contributed by atoms with Gasteiger partial charge in [-0.05, 0) is 12.8 Å². The maximum Gasteiger partial charge on any atom is 0.280 e. The summed E-state index contributed by atoms with van der Waals surface area (Å²) in [5.41, 5.74) is 0. The summed E-state index contributed by atoms with van der Waals surface area (Å²) in [4.78, 5) is 0. The Kier molecular flexibility index (Phi) is 5.46. The van der Waals surface area contributed by atoms with Crippen LogP contribution in [0.4, 0.5) is 0 Å². The fourth-order valence-electron chi connectivity index (χ4n) is 0.768. The lowest BCUT2D eigenvalue weighted by atomic mass is 10.2. The Morgan fingerprint density at radius 3 is 2.17 bits per heavy atom. The lowest BCUT2D eigenvalue weighted by Crippen LogP contribution is -2.36. The second-order valence-electron chi connectivity index (χ2n) is 3.20. The van der Waals surface area contributed by atoms with Crippen molar-refractivity contribution in [1.82, 2.24) is 0 Å². The standard InChI is InChI=1S/C9H20O3/c1-5-9(10,11-6-2)12-7-8(3)4/h8,10H,5-7H2,1-4H3. The molecule has 3 heteroatoms. The van der Waals surface area contributed by atoms with Crippen molar-refractivity contribution in [3.8, 4) is 0 Å². The molecule has 0 aromatic carbocycles. The first-order valence-corrected chi connectivity index (χ1v) is 4.54. The third kappa shape index (κ3) is 4.70. The highest BCUT2D eigenvalue weighted by Gasteiger charge is 2.25. The Bertz CT molecular complexity index is 114. The number of hydrogen-bond donors (Lipinski definition) is 1. The summed E-state index contributed by atoms with van der Waals surface area (Å²) in [6.07, 6.45) is 0.452. The highest BCUT2D eigenvalue weighted by atomic mass is 16.8. The van der Waals surface area contributed by atoms with Gasteiger partial charge in [-0.3, -0.25) is 0 Å². The minimum absolute atomic E-state index is 0.406. The third-order valence-corrected chi connectivity index (χ3v) is 1.46. The van der Waals surface area contributed by atoms with Crippen LogP contribution in [0.5, 0.6) is 0 Å². The molecule has 0 aliphatic rings. The lowest BCUT2D eigenvalue weighted by Gasteiger charge is -2.26. The Hall–Kier alpha value is -0.120. The van der Waals surface area contributed by atoms with Crippen LogP contribution in [-0.4, -0.2) is 24.3 Å². The van der Waals surface area contributed by atoms with Crippen LogP contribution < -0.4 is 0 Å². The van der Waals surface area contributed by atoms with Gasteiger partial charge in [-0.25, -0.2) is 0 Å². The number of rotatable bonds is 6. The normalized spacial score (nSPS) is 16.5. The summed E-state index contributed by atoms with van der Waals surface area (Å²) in [5.74, 6) is -0.970. The average molecular weight is 176 g/mol. The van der Waals surface area contributed by atoms with Crippen molar-refractivity contribution in [1.29, 1.82) is 0 Å². The molecular formula is C9H20O3. The summed E-state index contributed by atoms with van der Waals surface area (Å²) < 4.78 is 10.3. The van der Waals surface area contributed by atoms with Gasteiger partial charge in [0.15, 0.2) is 0 Å². The largest absolute Gasteiger partial charge is 0.343 e. The van der Waals surface area contributed by atoms with Gasteiger partial charge in [0.05, 0.1) is 6.61 Å². The van der Waals surface area contributed by atoms with E-state index in [9.17, 15) is 5.11 Å². The van der Waals surface area contributed by atoms with Crippen LogP contribution in [0.25, 0.3) is 0 Å². The SMILES string of the molecule is CCOC(O)(CC)OCC(C)C. The summed E-state index contributed by atoms with van der Waals surface area (Å²) in [7, 11) is 0. The van der Waals surface area contributed by atoms with Gasteiger partial charge >= 0.3 is 0 Å². The molecule has 3 nitrogen and oxygen atoms in total. The van der Waals surface area contributed by atoms with Gasteiger partial charge in [-0.15, -0.1) is 0 Å². The predicted molar refractivity (Wildman–Crippen MR) is 47.7 cm³/mol. The average Bonchev–Trinajstić information content (AvgIpc) is 2.02. The van der Waals surface area contributed by atoms with E-state index in [1.807, 2.05) is 27.7 Å². The molecule has 0 bridgehead atoms. The molecule has 1 unspecified atom stereocenters. The molecule has 1 N–H and O–H groups in total. The van der Waals surface area contributed by atoms with Crippen LogP contribution in [0.15, 0.2) is 0 Å². The number of aliphatic hydroxyl groups is 1. The van der Waals surface area contributed by atoms with Gasteiger partial charge in [-0.1, -0.05) is 20.8 Å². The quantitative estimate of drug-likeness (QED) is 0.627. The monoisotopic (exact) mass is 176 g/mol. The van der Waals surface area contributed by atoms with Crippen molar-refractivity contribution in [3.05, 3.63) is 0 Å². The molecule has 0 heterocycles. The second kappa shape index (κ2) is 5.51. The predicted octanol–water partition coefficient (Wildman–Crippen LogP) is 1.75. The molecule has 0 aliphatic carbocycles. The second-order valence-corrected chi connectivity index (χ2v) is 3.20. The van der Waals surface area contributed by atoms with Crippen molar-refractivity contribution >= 4 is 0 Å². The molecule has 0 saturated carbocycles. The van der Waals surface area contributed by atoms with E-state index < -0.39 is 5.97 Å². The van der Waals surface area contributed by atoms with Gasteiger partial charge < -0.3 is 14.6 Å². The third-order valence-electron chi connectivity index (χ3n) is 1.46. The number of hydrogen-bond acceptors (Lipinski definition) is 3. The van der Waals surface area contributed by atoms with E-state index in [0.717, 1.165) is 0 Å². The molecular weight excluding hydrogens is 156 g/mol. The molecule has 0 fully saturated rings. The van der Waals surface area contributed by atoms with E-state index in [0.29, 0.717) is 25.6 Å². The molecule has 0 aromatic heterocycles. The Morgan fingerprint density at radius 1 is 1.25 bits per heavy atom. The Labute approximate surface area is 74.7 Å². The molecule has 74 valence electrons. The maximum atomic E-state index is 9.62. The highest BCUT2D eigenvalue weighted by Crippen LogP contribution is 2.14. The number of ether oxygens (including phenoxy) is 2. The fourth-order valence-corrected chi connectivity index (χ4v) is 0.768. The molecule has 0 amide bonds. The Morgan fingerprint density at radius 2 is 1.83 bits per heavy atom. The summed E-state index contributed by atoms with van der Waals surface area (Å²) in [5, 5.41) is 9.62.